The van der Waals surface area contributed by atoms with Crippen molar-refractivity contribution >= 4 is 5.95 Å². The van der Waals surface area contributed by atoms with Crippen LogP contribution in [0.2, 0.25) is 0 Å². The van der Waals surface area contributed by atoms with Crippen LogP contribution >= 0.6 is 0 Å². The monoisotopic (exact) mass is 205 g/mol. The Kier molecular flexibility index (Phi) is 3.54. The smallest absolute Gasteiger partial charge is 0.222 e. The molecule has 0 aliphatic heterocycles. The van der Waals surface area contributed by atoms with Crippen LogP contribution in [0.1, 0.15) is 44.1 Å². The van der Waals surface area contributed by atoms with E-state index >= 15 is 0 Å². The summed E-state index contributed by atoms with van der Waals surface area (Å²) in [6, 6.07) is 0.579. The van der Waals surface area contributed by atoms with Gasteiger partial charge in [0.05, 0.1) is 0 Å². The van der Waals surface area contributed by atoms with Crippen molar-refractivity contribution in [3.05, 3.63) is 18.0 Å². The molecule has 0 spiro atoms. The lowest BCUT2D eigenvalue weighted by atomic mass is 10.1. The van der Waals surface area contributed by atoms with Crippen LogP contribution in [0.25, 0.3) is 0 Å². The van der Waals surface area contributed by atoms with Gasteiger partial charge in [-0.1, -0.05) is 25.7 Å². The van der Waals surface area contributed by atoms with Crippen molar-refractivity contribution in [3.63, 3.8) is 0 Å². The molecule has 0 aromatic carbocycles. The molecule has 15 heavy (non-hydrogen) atoms. The van der Waals surface area contributed by atoms with E-state index in [4.69, 9.17) is 0 Å². The van der Waals surface area contributed by atoms with Gasteiger partial charge in [0.1, 0.15) is 0 Å². The van der Waals surface area contributed by atoms with E-state index < -0.39 is 0 Å². The predicted molar refractivity (Wildman–Crippen MR) is 61.9 cm³/mol. The molecular weight excluding hydrogens is 186 g/mol. The van der Waals surface area contributed by atoms with Gasteiger partial charge in [-0.3, -0.25) is 0 Å². The minimum atomic E-state index is 0.579. The average molecular weight is 205 g/mol. The third-order valence-corrected chi connectivity index (χ3v) is 2.97. The van der Waals surface area contributed by atoms with Gasteiger partial charge < -0.3 is 5.32 Å². The molecule has 1 aromatic heterocycles. The SMILES string of the molecule is Cc1cnc(NC2CCCCCC2)nc1. The zero-order valence-corrected chi connectivity index (χ0v) is 9.37. The van der Waals surface area contributed by atoms with Crippen LogP contribution < -0.4 is 5.32 Å². The second kappa shape index (κ2) is 5.10. The topological polar surface area (TPSA) is 37.8 Å². The first-order valence-electron chi connectivity index (χ1n) is 5.90. The van der Waals surface area contributed by atoms with Gasteiger partial charge in [-0.2, -0.15) is 0 Å². The van der Waals surface area contributed by atoms with Gasteiger partial charge >= 0.3 is 0 Å². The van der Waals surface area contributed by atoms with Crippen molar-refractivity contribution < 1.29 is 0 Å². The molecule has 82 valence electrons. The molecule has 0 radical (unpaired) electrons. The second-order valence-electron chi connectivity index (χ2n) is 4.42. The Morgan fingerprint density at radius 1 is 1.07 bits per heavy atom. The van der Waals surface area contributed by atoms with Crippen LogP contribution in [0.3, 0.4) is 0 Å². The van der Waals surface area contributed by atoms with E-state index in [2.05, 4.69) is 15.3 Å². The van der Waals surface area contributed by atoms with Gasteiger partial charge in [-0.25, -0.2) is 9.97 Å². The third-order valence-electron chi connectivity index (χ3n) is 2.97. The quantitative estimate of drug-likeness (QED) is 0.754. The van der Waals surface area contributed by atoms with Crippen molar-refractivity contribution in [1.82, 2.24) is 9.97 Å². The molecule has 3 nitrogen and oxygen atoms in total. The van der Waals surface area contributed by atoms with Crippen molar-refractivity contribution in [1.29, 1.82) is 0 Å². The summed E-state index contributed by atoms with van der Waals surface area (Å²) in [4.78, 5) is 8.56. The zero-order chi connectivity index (χ0) is 10.5. The minimum Gasteiger partial charge on any atom is -0.351 e. The van der Waals surface area contributed by atoms with E-state index in [9.17, 15) is 0 Å². The predicted octanol–water partition coefficient (Wildman–Crippen LogP) is 2.92. The van der Waals surface area contributed by atoms with Gasteiger partial charge in [0.2, 0.25) is 5.95 Å². The fraction of sp³-hybridized carbons (Fsp3) is 0.667. The van der Waals surface area contributed by atoms with Crippen molar-refractivity contribution in [2.24, 2.45) is 0 Å². The summed E-state index contributed by atoms with van der Waals surface area (Å²) < 4.78 is 0. The number of aryl methyl sites for hydroxylation is 1. The van der Waals surface area contributed by atoms with Gasteiger partial charge in [0.15, 0.2) is 0 Å². The van der Waals surface area contributed by atoms with Crippen molar-refractivity contribution in [3.8, 4) is 0 Å². The van der Waals surface area contributed by atoms with E-state index in [0.29, 0.717) is 6.04 Å². The highest BCUT2D eigenvalue weighted by molar-refractivity contribution is 5.25. The molecule has 1 aromatic rings. The van der Waals surface area contributed by atoms with E-state index in [1.807, 2.05) is 19.3 Å². The van der Waals surface area contributed by atoms with E-state index in [1.165, 1.54) is 38.5 Å². The average Bonchev–Trinajstić information content (AvgIpc) is 2.50. The Morgan fingerprint density at radius 3 is 2.27 bits per heavy atom. The first kappa shape index (κ1) is 10.4. The molecule has 1 aliphatic rings. The molecule has 2 rings (SSSR count). The number of hydrogen-bond donors (Lipinski definition) is 1. The van der Waals surface area contributed by atoms with Crippen LogP contribution in [0, 0.1) is 6.92 Å². The lowest BCUT2D eigenvalue weighted by Crippen LogP contribution is -2.19. The normalized spacial score (nSPS) is 18.5. The maximum Gasteiger partial charge on any atom is 0.222 e. The summed E-state index contributed by atoms with van der Waals surface area (Å²) in [6.07, 6.45) is 11.7. The third kappa shape index (κ3) is 3.18. The van der Waals surface area contributed by atoms with Crippen molar-refractivity contribution in [2.75, 3.05) is 5.32 Å². The molecule has 0 saturated heterocycles. The molecule has 1 N–H and O–H groups in total. The lowest BCUT2D eigenvalue weighted by Gasteiger charge is -2.15. The standard InChI is InChI=1S/C12H19N3/c1-10-8-13-12(14-9-10)15-11-6-4-2-3-5-7-11/h8-9,11H,2-7H2,1H3,(H,13,14,15). The van der Waals surface area contributed by atoms with Gasteiger partial charge in [0, 0.05) is 18.4 Å². The first-order valence-corrected chi connectivity index (χ1v) is 5.90. The number of nitrogens with zero attached hydrogens (tertiary/aromatic N) is 2. The highest BCUT2D eigenvalue weighted by Gasteiger charge is 2.12. The summed E-state index contributed by atoms with van der Waals surface area (Å²) in [5.74, 6) is 0.785. The number of nitrogens with one attached hydrogen (secondary N) is 1. The molecule has 0 amide bonds. The van der Waals surface area contributed by atoms with E-state index in [0.717, 1.165) is 11.5 Å². The fourth-order valence-corrected chi connectivity index (χ4v) is 2.07. The number of anilines is 1. The number of hydrogen-bond acceptors (Lipinski definition) is 3. The summed E-state index contributed by atoms with van der Waals surface area (Å²) in [5.41, 5.74) is 1.11. The molecule has 1 aliphatic carbocycles. The maximum absolute atomic E-state index is 4.28. The minimum absolute atomic E-state index is 0.579. The molecule has 0 atom stereocenters. The molecular formula is C12H19N3. The number of rotatable bonds is 2. The molecule has 1 heterocycles. The molecule has 1 fully saturated rings. The highest BCUT2D eigenvalue weighted by Crippen LogP contribution is 2.19. The molecule has 0 bridgehead atoms. The zero-order valence-electron chi connectivity index (χ0n) is 9.37. The van der Waals surface area contributed by atoms with Crippen LogP contribution in [0.5, 0.6) is 0 Å². The Morgan fingerprint density at radius 2 is 1.67 bits per heavy atom. The van der Waals surface area contributed by atoms with Crippen LogP contribution in [0.4, 0.5) is 5.95 Å². The van der Waals surface area contributed by atoms with Crippen molar-refractivity contribution in [2.45, 2.75) is 51.5 Å². The summed E-state index contributed by atoms with van der Waals surface area (Å²) in [5, 5.41) is 3.43. The van der Waals surface area contributed by atoms with Gasteiger partial charge in [-0.05, 0) is 25.3 Å². The molecule has 3 heteroatoms. The van der Waals surface area contributed by atoms with Crippen LogP contribution in [-0.4, -0.2) is 16.0 Å². The highest BCUT2D eigenvalue weighted by atomic mass is 15.1. The van der Waals surface area contributed by atoms with Crippen LogP contribution in [-0.2, 0) is 0 Å². The Balaban J connectivity index is 1.92. The maximum atomic E-state index is 4.28. The fourth-order valence-electron chi connectivity index (χ4n) is 2.07. The van der Waals surface area contributed by atoms with Crippen LogP contribution in [0.15, 0.2) is 12.4 Å². The second-order valence-corrected chi connectivity index (χ2v) is 4.42. The molecule has 0 unspecified atom stereocenters. The Bertz CT molecular complexity index is 286. The van der Waals surface area contributed by atoms with E-state index in [1.54, 1.807) is 0 Å². The first-order chi connectivity index (χ1) is 7.34. The lowest BCUT2D eigenvalue weighted by molar-refractivity contribution is 0.614. The Labute approximate surface area is 91.3 Å². The van der Waals surface area contributed by atoms with E-state index in [-0.39, 0.29) is 0 Å². The van der Waals surface area contributed by atoms with Gasteiger partial charge in [-0.15, -0.1) is 0 Å². The summed E-state index contributed by atoms with van der Waals surface area (Å²) >= 11 is 0. The van der Waals surface area contributed by atoms with Gasteiger partial charge in [0.25, 0.3) is 0 Å². The Hall–Kier alpha value is -1.12. The summed E-state index contributed by atoms with van der Waals surface area (Å²) in [7, 11) is 0. The number of aromatic nitrogens is 2. The summed E-state index contributed by atoms with van der Waals surface area (Å²) in [6.45, 7) is 2.01. The largest absolute Gasteiger partial charge is 0.351 e. The molecule has 1 saturated carbocycles.